The molecular weight excluding hydrogens is 393 g/mol. The fourth-order valence-electron chi connectivity index (χ4n) is 4.32. The minimum atomic E-state index is -4.34. The number of rotatable bonds is 3. The first-order chi connectivity index (χ1) is 14.4. The predicted molar refractivity (Wildman–Crippen MR) is 108 cm³/mol. The molecule has 2 aromatic carbocycles. The van der Waals surface area contributed by atoms with E-state index in [4.69, 9.17) is 4.74 Å². The molecule has 7 heteroatoms. The van der Waals surface area contributed by atoms with E-state index in [1.165, 1.54) is 12.1 Å². The standard InChI is InChI=1S/C23H25F3N2O2/c24-23(25,26)19-10-8-18(9-11-19)16-27-14-15-30-22(17-27)12-4-5-13-28(21(22)29)20-6-2-1-3-7-20/h1-3,6-11H,4-5,12-17H2. The third-order valence-electron chi connectivity index (χ3n) is 5.87. The van der Waals surface area contributed by atoms with Gasteiger partial charge in [0.25, 0.3) is 5.91 Å². The molecule has 0 bridgehead atoms. The number of alkyl halides is 3. The van der Waals surface area contributed by atoms with Gasteiger partial charge in [0.2, 0.25) is 0 Å². The van der Waals surface area contributed by atoms with Crippen molar-refractivity contribution >= 4 is 11.6 Å². The molecule has 1 spiro atoms. The summed E-state index contributed by atoms with van der Waals surface area (Å²) in [5.74, 6) is -0.0247. The first-order valence-electron chi connectivity index (χ1n) is 10.3. The van der Waals surface area contributed by atoms with E-state index in [9.17, 15) is 18.0 Å². The number of benzene rings is 2. The second kappa shape index (κ2) is 8.40. The second-order valence-electron chi connectivity index (χ2n) is 8.00. The molecule has 0 N–H and O–H groups in total. The summed E-state index contributed by atoms with van der Waals surface area (Å²) in [5, 5.41) is 0. The molecular formula is C23H25F3N2O2. The Bertz CT molecular complexity index is 870. The lowest BCUT2D eigenvalue weighted by atomic mass is 9.93. The first kappa shape index (κ1) is 20.9. The maximum absolute atomic E-state index is 13.5. The number of nitrogens with zero attached hydrogens (tertiary/aromatic N) is 2. The van der Waals surface area contributed by atoms with Gasteiger partial charge in [0.15, 0.2) is 5.60 Å². The molecule has 4 nitrogen and oxygen atoms in total. The molecule has 1 amide bonds. The SMILES string of the molecule is O=C1N(c2ccccc2)CCCCC12CN(Cc1ccc(C(F)(F)F)cc1)CCO2. The molecule has 2 fully saturated rings. The van der Waals surface area contributed by atoms with E-state index >= 15 is 0 Å². The van der Waals surface area contributed by atoms with Crippen molar-refractivity contribution in [3.05, 3.63) is 65.7 Å². The van der Waals surface area contributed by atoms with Gasteiger partial charge in [-0.05, 0) is 49.1 Å². The topological polar surface area (TPSA) is 32.8 Å². The Hall–Kier alpha value is -2.38. The molecule has 0 aromatic heterocycles. The van der Waals surface area contributed by atoms with Crippen molar-refractivity contribution in [2.75, 3.05) is 31.1 Å². The maximum Gasteiger partial charge on any atom is 0.416 e. The first-order valence-corrected chi connectivity index (χ1v) is 10.3. The normalized spacial score (nSPS) is 23.6. The van der Waals surface area contributed by atoms with Crippen LogP contribution in [-0.4, -0.2) is 42.6 Å². The number of para-hydroxylation sites is 1. The molecule has 1 atom stereocenters. The zero-order chi connectivity index (χ0) is 21.2. The van der Waals surface area contributed by atoms with E-state index in [1.54, 1.807) is 0 Å². The highest BCUT2D eigenvalue weighted by molar-refractivity contribution is 6.00. The summed E-state index contributed by atoms with van der Waals surface area (Å²) < 4.78 is 44.5. The lowest BCUT2D eigenvalue weighted by Crippen LogP contribution is -2.59. The number of hydrogen-bond acceptors (Lipinski definition) is 3. The van der Waals surface area contributed by atoms with Crippen LogP contribution in [0.1, 0.15) is 30.4 Å². The van der Waals surface area contributed by atoms with Gasteiger partial charge in [-0.1, -0.05) is 30.3 Å². The Morgan fingerprint density at radius 1 is 0.967 bits per heavy atom. The van der Waals surface area contributed by atoms with Crippen molar-refractivity contribution in [2.45, 2.75) is 37.6 Å². The maximum atomic E-state index is 13.5. The summed E-state index contributed by atoms with van der Waals surface area (Å²) in [4.78, 5) is 17.4. The number of carbonyl (C=O) groups excluding carboxylic acids is 1. The van der Waals surface area contributed by atoms with Gasteiger partial charge in [0.1, 0.15) is 0 Å². The van der Waals surface area contributed by atoms with Crippen LogP contribution in [0.4, 0.5) is 18.9 Å². The zero-order valence-corrected chi connectivity index (χ0v) is 16.7. The van der Waals surface area contributed by atoms with Crippen LogP contribution in [0.2, 0.25) is 0 Å². The van der Waals surface area contributed by atoms with Crippen molar-refractivity contribution in [3.63, 3.8) is 0 Å². The van der Waals surface area contributed by atoms with Gasteiger partial charge in [0.05, 0.1) is 12.2 Å². The molecule has 2 heterocycles. The Kier molecular flexibility index (Phi) is 5.84. The van der Waals surface area contributed by atoms with Gasteiger partial charge in [0, 0.05) is 31.9 Å². The number of halogens is 3. The molecule has 2 aliphatic rings. The van der Waals surface area contributed by atoms with Crippen molar-refractivity contribution in [1.29, 1.82) is 0 Å². The summed E-state index contributed by atoms with van der Waals surface area (Å²) in [5.41, 5.74) is 0.103. The third-order valence-corrected chi connectivity index (χ3v) is 5.87. The second-order valence-corrected chi connectivity index (χ2v) is 8.00. The van der Waals surface area contributed by atoms with Crippen LogP contribution in [0.15, 0.2) is 54.6 Å². The van der Waals surface area contributed by atoms with Crippen LogP contribution in [0.5, 0.6) is 0 Å². The quantitative estimate of drug-likeness (QED) is 0.736. The van der Waals surface area contributed by atoms with Crippen LogP contribution in [-0.2, 0) is 22.3 Å². The molecule has 160 valence electrons. The monoisotopic (exact) mass is 418 g/mol. The van der Waals surface area contributed by atoms with Gasteiger partial charge >= 0.3 is 6.18 Å². The Labute approximate surface area is 174 Å². The molecule has 2 aliphatic heterocycles. The van der Waals surface area contributed by atoms with Gasteiger partial charge in [-0.2, -0.15) is 13.2 Å². The molecule has 0 radical (unpaired) electrons. The van der Waals surface area contributed by atoms with E-state index in [2.05, 4.69) is 4.90 Å². The highest BCUT2D eigenvalue weighted by Gasteiger charge is 2.47. The summed E-state index contributed by atoms with van der Waals surface area (Å²) in [6.45, 7) is 2.65. The van der Waals surface area contributed by atoms with Crippen molar-refractivity contribution in [1.82, 2.24) is 4.90 Å². The van der Waals surface area contributed by atoms with E-state index in [-0.39, 0.29) is 5.91 Å². The number of ether oxygens (including phenoxy) is 1. The van der Waals surface area contributed by atoms with E-state index in [0.29, 0.717) is 39.2 Å². The lowest BCUT2D eigenvalue weighted by molar-refractivity contribution is -0.158. The molecule has 1 unspecified atom stereocenters. The molecule has 2 aromatic rings. The van der Waals surface area contributed by atoms with Crippen LogP contribution < -0.4 is 4.90 Å². The van der Waals surface area contributed by atoms with Crippen LogP contribution >= 0.6 is 0 Å². The van der Waals surface area contributed by atoms with Crippen LogP contribution in [0.3, 0.4) is 0 Å². The number of anilines is 1. The number of carbonyl (C=O) groups is 1. The molecule has 30 heavy (non-hydrogen) atoms. The number of morpholine rings is 1. The summed E-state index contributed by atoms with van der Waals surface area (Å²) >= 11 is 0. The van der Waals surface area contributed by atoms with Crippen molar-refractivity contribution in [2.24, 2.45) is 0 Å². The lowest BCUT2D eigenvalue weighted by Gasteiger charge is -2.42. The minimum Gasteiger partial charge on any atom is -0.362 e. The third kappa shape index (κ3) is 4.37. The van der Waals surface area contributed by atoms with Gasteiger partial charge in [-0.3, -0.25) is 9.69 Å². The van der Waals surface area contributed by atoms with E-state index in [1.807, 2.05) is 35.2 Å². The highest BCUT2D eigenvalue weighted by Crippen LogP contribution is 2.33. The Morgan fingerprint density at radius 3 is 2.40 bits per heavy atom. The van der Waals surface area contributed by atoms with Crippen LogP contribution in [0, 0.1) is 0 Å². The van der Waals surface area contributed by atoms with E-state index in [0.717, 1.165) is 36.2 Å². The summed E-state index contributed by atoms with van der Waals surface area (Å²) in [6, 6.07) is 14.9. The van der Waals surface area contributed by atoms with Crippen LogP contribution in [0.25, 0.3) is 0 Å². The fraction of sp³-hybridized carbons (Fsp3) is 0.435. The van der Waals surface area contributed by atoms with Crippen molar-refractivity contribution in [3.8, 4) is 0 Å². The molecule has 2 saturated heterocycles. The average Bonchev–Trinajstić information content (AvgIpc) is 2.88. The number of hydrogen-bond donors (Lipinski definition) is 0. The van der Waals surface area contributed by atoms with Gasteiger partial charge in [-0.15, -0.1) is 0 Å². The largest absolute Gasteiger partial charge is 0.416 e. The number of amides is 1. The molecule has 4 rings (SSSR count). The summed E-state index contributed by atoms with van der Waals surface area (Å²) in [7, 11) is 0. The predicted octanol–water partition coefficient (Wildman–Crippen LogP) is 4.49. The van der Waals surface area contributed by atoms with Gasteiger partial charge in [-0.25, -0.2) is 0 Å². The smallest absolute Gasteiger partial charge is 0.362 e. The summed E-state index contributed by atoms with van der Waals surface area (Å²) in [6.07, 6.45) is -1.89. The average molecular weight is 418 g/mol. The highest BCUT2D eigenvalue weighted by atomic mass is 19.4. The van der Waals surface area contributed by atoms with Gasteiger partial charge < -0.3 is 9.64 Å². The molecule has 0 saturated carbocycles. The Morgan fingerprint density at radius 2 is 1.70 bits per heavy atom. The Balaban J connectivity index is 1.51. The molecule has 0 aliphatic carbocycles. The van der Waals surface area contributed by atoms with Crippen molar-refractivity contribution < 1.29 is 22.7 Å². The fourth-order valence-corrected chi connectivity index (χ4v) is 4.32. The zero-order valence-electron chi connectivity index (χ0n) is 16.7. The van der Waals surface area contributed by atoms with E-state index < -0.39 is 17.3 Å². The minimum absolute atomic E-state index is 0.0247.